The largest absolute Gasteiger partial charge is 0.355 e. The lowest BCUT2D eigenvalue weighted by atomic mass is 9.78. The van der Waals surface area contributed by atoms with Crippen molar-refractivity contribution in [2.24, 2.45) is 28.9 Å². The Bertz CT molecular complexity index is 321. The standard InChI is InChI=1S/C17H32N2O/c1-13(2)10-17(8-3-4-9-17)12-19-16(20)15-7-5-6-14(15)11-18/h13-15H,3-12,18H2,1-2H3,(H,19,20)/t14-,15-/m1/s1. The van der Waals surface area contributed by atoms with Crippen LogP contribution in [0.15, 0.2) is 0 Å². The number of carbonyl (C=O) groups is 1. The van der Waals surface area contributed by atoms with Crippen molar-refractivity contribution in [3.8, 4) is 0 Å². The molecule has 2 fully saturated rings. The summed E-state index contributed by atoms with van der Waals surface area (Å²) in [4.78, 5) is 12.4. The summed E-state index contributed by atoms with van der Waals surface area (Å²) < 4.78 is 0. The highest BCUT2D eigenvalue weighted by molar-refractivity contribution is 5.79. The van der Waals surface area contributed by atoms with Crippen molar-refractivity contribution in [2.75, 3.05) is 13.1 Å². The van der Waals surface area contributed by atoms with Gasteiger partial charge in [0.05, 0.1) is 0 Å². The first-order chi connectivity index (χ1) is 9.56. The number of rotatable bonds is 6. The smallest absolute Gasteiger partial charge is 0.223 e. The van der Waals surface area contributed by atoms with Crippen molar-refractivity contribution in [1.29, 1.82) is 0 Å². The van der Waals surface area contributed by atoms with Gasteiger partial charge in [-0.2, -0.15) is 0 Å². The Kier molecular flexibility index (Phi) is 5.48. The van der Waals surface area contributed by atoms with Crippen LogP contribution in [0.4, 0.5) is 0 Å². The second kappa shape index (κ2) is 6.93. The summed E-state index contributed by atoms with van der Waals surface area (Å²) in [5.74, 6) is 1.58. The number of nitrogens with one attached hydrogen (secondary N) is 1. The summed E-state index contributed by atoms with van der Waals surface area (Å²) in [5.41, 5.74) is 6.17. The van der Waals surface area contributed by atoms with Crippen molar-refractivity contribution in [3.05, 3.63) is 0 Å². The third-order valence-electron chi connectivity index (χ3n) is 5.44. The molecule has 0 aliphatic heterocycles. The van der Waals surface area contributed by atoms with Gasteiger partial charge < -0.3 is 11.1 Å². The van der Waals surface area contributed by atoms with Crippen LogP contribution in [-0.4, -0.2) is 19.0 Å². The van der Waals surface area contributed by atoms with Gasteiger partial charge in [0.25, 0.3) is 0 Å². The Hall–Kier alpha value is -0.570. The van der Waals surface area contributed by atoms with Crippen molar-refractivity contribution < 1.29 is 4.79 Å². The van der Waals surface area contributed by atoms with Crippen LogP contribution in [0.3, 0.4) is 0 Å². The summed E-state index contributed by atoms with van der Waals surface area (Å²) >= 11 is 0. The molecule has 0 aromatic rings. The van der Waals surface area contributed by atoms with E-state index in [1.165, 1.54) is 32.1 Å². The number of nitrogens with two attached hydrogens (primary N) is 1. The number of hydrogen-bond acceptors (Lipinski definition) is 2. The molecule has 3 heteroatoms. The minimum atomic E-state index is 0.178. The summed E-state index contributed by atoms with van der Waals surface area (Å²) in [6, 6.07) is 0. The van der Waals surface area contributed by atoms with E-state index in [-0.39, 0.29) is 11.8 Å². The molecule has 2 aliphatic carbocycles. The van der Waals surface area contributed by atoms with Gasteiger partial charge in [0.15, 0.2) is 0 Å². The van der Waals surface area contributed by atoms with Crippen LogP contribution in [0.2, 0.25) is 0 Å². The molecule has 20 heavy (non-hydrogen) atoms. The molecule has 0 aromatic heterocycles. The molecule has 0 spiro atoms. The minimum absolute atomic E-state index is 0.178. The molecule has 0 radical (unpaired) electrons. The SMILES string of the molecule is CC(C)CC1(CNC(=O)[C@@H]2CCC[C@@H]2CN)CCCC1. The van der Waals surface area contributed by atoms with Gasteiger partial charge in [-0.1, -0.05) is 33.1 Å². The molecule has 2 atom stereocenters. The van der Waals surface area contributed by atoms with Crippen molar-refractivity contribution in [1.82, 2.24) is 5.32 Å². The molecule has 0 bridgehead atoms. The molecular weight excluding hydrogens is 248 g/mol. The highest BCUT2D eigenvalue weighted by Gasteiger charge is 2.37. The fourth-order valence-electron chi connectivity index (χ4n) is 4.51. The molecule has 3 N–H and O–H groups in total. The lowest BCUT2D eigenvalue weighted by Crippen LogP contribution is -2.41. The van der Waals surface area contributed by atoms with E-state index in [1.807, 2.05) is 0 Å². The van der Waals surface area contributed by atoms with E-state index in [1.54, 1.807) is 0 Å². The predicted octanol–water partition coefficient (Wildman–Crippen LogP) is 3.08. The molecule has 1 amide bonds. The van der Waals surface area contributed by atoms with E-state index >= 15 is 0 Å². The fourth-order valence-corrected chi connectivity index (χ4v) is 4.51. The molecule has 0 unspecified atom stereocenters. The zero-order chi connectivity index (χ0) is 14.6. The lowest BCUT2D eigenvalue weighted by molar-refractivity contribution is -0.126. The molecular formula is C17H32N2O. The Labute approximate surface area is 124 Å². The second-order valence-electron chi connectivity index (χ2n) is 7.56. The summed E-state index contributed by atoms with van der Waals surface area (Å²) in [7, 11) is 0. The van der Waals surface area contributed by atoms with E-state index in [0.29, 0.717) is 23.8 Å². The topological polar surface area (TPSA) is 55.1 Å². The van der Waals surface area contributed by atoms with Crippen molar-refractivity contribution in [2.45, 2.75) is 65.2 Å². The summed E-state index contributed by atoms with van der Waals surface area (Å²) in [5, 5.41) is 3.28. The monoisotopic (exact) mass is 280 g/mol. The Balaban J connectivity index is 1.87. The number of amides is 1. The number of hydrogen-bond donors (Lipinski definition) is 2. The van der Waals surface area contributed by atoms with Gasteiger partial charge in [-0.3, -0.25) is 4.79 Å². The van der Waals surface area contributed by atoms with Crippen molar-refractivity contribution >= 4 is 5.91 Å². The van der Waals surface area contributed by atoms with Gasteiger partial charge in [-0.25, -0.2) is 0 Å². The quantitative estimate of drug-likeness (QED) is 0.785. The summed E-state index contributed by atoms with van der Waals surface area (Å²) in [6.45, 7) is 6.14. The maximum absolute atomic E-state index is 12.4. The van der Waals surface area contributed by atoms with Crippen LogP contribution in [0.25, 0.3) is 0 Å². The first-order valence-corrected chi connectivity index (χ1v) is 8.54. The van der Waals surface area contributed by atoms with Gasteiger partial charge in [0.1, 0.15) is 0 Å². The molecule has 116 valence electrons. The van der Waals surface area contributed by atoms with Crippen molar-refractivity contribution in [3.63, 3.8) is 0 Å². The average Bonchev–Trinajstić information content (AvgIpc) is 3.04. The maximum Gasteiger partial charge on any atom is 0.223 e. The molecule has 0 aromatic carbocycles. The Morgan fingerprint density at radius 2 is 1.95 bits per heavy atom. The normalized spacial score (nSPS) is 29.0. The van der Waals surface area contributed by atoms with Crippen LogP contribution in [-0.2, 0) is 4.79 Å². The first kappa shape index (κ1) is 15.8. The highest BCUT2D eigenvalue weighted by Crippen LogP contribution is 2.42. The zero-order valence-corrected chi connectivity index (χ0v) is 13.3. The fraction of sp³-hybridized carbons (Fsp3) is 0.941. The van der Waals surface area contributed by atoms with E-state index in [0.717, 1.165) is 25.8 Å². The minimum Gasteiger partial charge on any atom is -0.355 e. The maximum atomic E-state index is 12.4. The van der Waals surface area contributed by atoms with Gasteiger partial charge >= 0.3 is 0 Å². The van der Waals surface area contributed by atoms with Gasteiger partial charge in [-0.15, -0.1) is 0 Å². The molecule has 2 rings (SSSR count). The zero-order valence-electron chi connectivity index (χ0n) is 13.3. The second-order valence-corrected chi connectivity index (χ2v) is 7.56. The Morgan fingerprint density at radius 3 is 2.55 bits per heavy atom. The van der Waals surface area contributed by atoms with Crippen LogP contribution in [0.5, 0.6) is 0 Å². The molecule has 0 saturated heterocycles. The molecule has 2 saturated carbocycles. The van der Waals surface area contributed by atoms with E-state index in [9.17, 15) is 4.79 Å². The van der Waals surface area contributed by atoms with E-state index in [4.69, 9.17) is 5.73 Å². The van der Waals surface area contributed by atoms with Gasteiger partial charge in [0, 0.05) is 12.5 Å². The van der Waals surface area contributed by atoms with Crippen LogP contribution >= 0.6 is 0 Å². The first-order valence-electron chi connectivity index (χ1n) is 8.54. The summed E-state index contributed by atoms with van der Waals surface area (Å²) in [6.07, 6.45) is 9.81. The third kappa shape index (κ3) is 3.75. The molecule has 2 aliphatic rings. The Morgan fingerprint density at radius 1 is 1.25 bits per heavy atom. The highest BCUT2D eigenvalue weighted by atomic mass is 16.1. The predicted molar refractivity (Wildman–Crippen MR) is 83.3 cm³/mol. The molecule has 0 heterocycles. The third-order valence-corrected chi connectivity index (χ3v) is 5.44. The number of carbonyl (C=O) groups excluding carboxylic acids is 1. The lowest BCUT2D eigenvalue weighted by Gasteiger charge is -2.32. The molecule has 3 nitrogen and oxygen atoms in total. The van der Waals surface area contributed by atoms with Gasteiger partial charge in [0.2, 0.25) is 5.91 Å². The van der Waals surface area contributed by atoms with E-state index in [2.05, 4.69) is 19.2 Å². The van der Waals surface area contributed by atoms with Crippen LogP contribution in [0, 0.1) is 23.2 Å². The van der Waals surface area contributed by atoms with Gasteiger partial charge in [-0.05, 0) is 55.9 Å². The van der Waals surface area contributed by atoms with Crippen LogP contribution in [0.1, 0.15) is 65.2 Å². The van der Waals surface area contributed by atoms with E-state index < -0.39 is 0 Å². The van der Waals surface area contributed by atoms with Crippen LogP contribution < -0.4 is 11.1 Å². The average molecular weight is 280 g/mol.